The average molecular weight is 637 g/mol. The Bertz CT molecular complexity index is 1460. The maximum atomic E-state index is 10.9. The molecule has 0 bridgehead atoms. The van der Waals surface area contributed by atoms with E-state index in [0.717, 1.165) is 22.3 Å². The van der Waals surface area contributed by atoms with Crippen molar-refractivity contribution >= 4 is 0 Å². The van der Waals surface area contributed by atoms with Crippen LogP contribution < -0.4 is 0 Å². The highest BCUT2D eigenvalue weighted by atomic mass is 16.5. The predicted molar refractivity (Wildman–Crippen MR) is 163 cm³/mol. The van der Waals surface area contributed by atoms with Crippen LogP contribution in [0.2, 0.25) is 0 Å². The van der Waals surface area contributed by atoms with Gasteiger partial charge >= 0.3 is 0 Å². The topological polar surface area (TPSA) is 201 Å². The third-order valence-electron chi connectivity index (χ3n) is 10.0. The summed E-state index contributed by atoms with van der Waals surface area (Å²) in [7, 11) is 0. The van der Waals surface area contributed by atoms with Crippen LogP contribution >= 0.6 is 0 Å². The summed E-state index contributed by atoms with van der Waals surface area (Å²) in [6.45, 7) is 0.754. The van der Waals surface area contributed by atoms with E-state index in [9.17, 15) is 46.0 Å². The van der Waals surface area contributed by atoms with Gasteiger partial charge in [-0.15, -0.1) is 0 Å². The van der Waals surface area contributed by atoms with Crippen LogP contribution in [-0.4, -0.2) is 126 Å². The van der Waals surface area contributed by atoms with E-state index in [1.807, 2.05) is 43.3 Å². The molecule has 0 aromatic heterocycles. The number of rotatable bonds is 2. The first-order valence-corrected chi connectivity index (χ1v) is 15.5. The Labute approximate surface area is 266 Å². The number of benzene rings is 2. The van der Waals surface area contributed by atoms with Gasteiger partial charge < -0.3 is 55.4 Å². The highest BCUT2D eigenvalue weighted by Gasteiger charge is 2.48. The number of fused-ring (bicyclic) bond motifs is 5. The molecule has 246 valence electrons. The highest BCUT2D eigenvalue weighted by molar-refractivity contribution is 5.82. The minimum atomic E-state index is -1.52. The van der Waals surface area contributed by atoms with Gasteiger partial charge in [0, 0.05) is 16.5 Å². The van der Waals surface area contributed by atoms with Gasteiger partial charge in [-0.05, 0) is 79.1 Å². The van der Waals surface area contributed by atoms with Gasteiger partial charge in [0.2, 0.25) is 0 Å². The molecular formula is C35H40O11. The third kappa shape index (κ3) is 5.77. The Balaban J connectivity index is 1.33. The second kappa shape index (κ2) is 12.6. The van der Waals surface area contributed by atoms with Crippen molar-refractivity contribution in [2.24, 2.45) is 0 Å². The van der Waals surface area contributed by atoms with Crippen molar-refractivity contribution in [3.8, 4) is 34.8 Å². The van der Waals surface area contributed by atoms with E-state index in [4.69, 9.17) is 9.47 Å². The standard InChI is InChI=1S/C35H40O11/c1-34(44)10-12-35(13-11-34)22-14-18(4-8-24-28(38)32(42)30(40)26(16-36)45-24)2-6-20(22)21-7-3-19(15-23(21)35)5-9-25-29(39)33(43)31(41)27(17-37)46-25/h2-3,6-7,14-15,24-33,36-44H,10-13,16-17H2,1H3. The van der Waals surface area contributed by atoms with Crippen molar-refractivity contribution in [2.45, 2.75) is 105 Å². The van der Waals surface area contributed by atoms with Gasteiger partial charge in [-0.25, -0.2) is 0 Å². The lowest BCUT2D eigenvalue weighted by atomic mass is 9.64. The molecule has 3 fully saturated rings. The summed E-state index contributed by atoms with van der Waals surface area (Å²) < 4.78 is 11.1. The van der Waals surface area contributed by atoms with E-state index in [1.54, 1.807) is 0 Å². The van der Waals surface area contributed by atoms with Crippen LogP contribution in [0.3, 0.4) is 0 Å². The SMILES string of the molecule is CC1(O)CCC2(CC1)c1cc(C#CC3OC(CO)C(O)C(O)C3O)ccc1-c1ccc(C#CC3OC(CO)C(O)C(O)C3O)cc12. The maximum Gasteiger partial charge on any atom is 0.147 e. The number of aliphatic hydroxyl groups is 9. The molecule has 6 rings (SSSR count). The van der Waals surface area contributed by atoms with Crippen LogP contribution in [0.4, 0.5) is 0 Å². The Kier molecular flexibility index (Phi) is 9.06. The first kappa shape index (κ1) is 33.0. The summed E-state index contributed by atoms with van der Waals surface area (Å²) in [5.74, 6) is 11.8. The van der Waals surface area contributed by atoms with E-state index < -0.39 is 85.3 Å². The third-order valence-corrected chi connectivity index (χ3v) is 10.0. The van der Waals surface area contributed by atoms with Crippen molar-refractivity contribution in [2.75, 3.05) is 13.2 Å². The van der Waals surface area contributed by atoms with E-state index >= 15 is 0 Å². The Hall–Kier alpha value is -2.88. The molecule has 10 unspecified atom stereocenters. The van der Waals surface area contributed by atoms with Crippen molar-refractivity contribution in [1.29, 1.82) is 0 Å². The van der Waals surface area contributed by atoms with Crippen LogP contribution in [0.15, 0.2) is 36.4 Å². The highest BCUT2D eigenvalue weighted by Crippen LogP contribution is 2.57. The van der Waals surface area contributed by atoms with E-state index in [1.165, 1.54) is 0 Å². The fourth-order valence-corrected chi connectivity index (χ4v) is 7.16. The summed E-state index contributed by atoms with van der Waals surface area (Å²) >= 11 is 0. The molecule has 2 aliphatic heterocycles. The van der Waals surface area contributed by atoms with Crippen LogP contribution in [0.5, 0.6) is 0 Å². The zero-order chi connectivity index (χ0) is 33.0. The predicted octanol–water partition coefficient (Wildman–Crippen LogP) is -1.33. The van der Waals surface area contributed by atoms with Crippen LogP contribution in [-0.2, 0) is 14.9 Å². The Morgan fingerprint density at radius 1 is 0.630 bits per heavy atom. The monoisotopic (exact) mass is 636 g/mol. The second-order valence-corrected chi connectivity index (χ2v) is 13.1. The fourth-order valence-electron chi connectivity index (χ4n) is 7.16. The molecule has 2 heterocycles. The van der Waals surface area contributed by atoms with Gasteiger partial charge in [-0.3, -0.25) is 0 Å². The van der Waals surface area contributed by atoms with Crippen molar-refractivity contribution in [3.63, 3.8) is 0 Å². The molecule has 0 radical (unpaired) electrons. The first-order chi connectivity index (χ1) is 21.9. The molecule has 4 aliphatic rings. The summed E-state index contributed by atoms with van der Waals surface area (Å²) in [5.41, 5.74) is 4.14. The summed E-state index contributed by atoms with van der Waals surface area (Å²) in [6, 6.07) is 11.6. The van der Waals surface area contributed by atoms with E-state index in [0.29, 0.717) is 36.8 Å². The minimum Gasteiger partial charge on any atom is -0.394 e. The maximum absolute atomic E-state index is 10.9. The van der Waals surface area contributed by atoms with Crippen molar-refractivity contribution in [3.05, 3.63) is 58.7 Å². The number of hydrogen-bond acceptors (Lipinski definition) is 11. The van der Waals surface area contributed by atoms with Gasteiger partial charge in [-0.1, -0.05) is 35.8 Å². The van der Waals surface area contributed by atoms with E-state index in [-0.39, 0.29) is 0 Å². The summed E-state index contributed by atoms with van der Waals surface area (Å²) in [6.07, 6.45) is -10.8. The molecule has 9 N–H and O–H groups in total. The molecule has 11 nitrogen and oxygen atoms in total. The van der Waals surface area contributed by atoms with Gasteiger partial charge in [-0.2, -0.15) is 0 Å². The number of ether oxygens (including phenoxy) is 2. The number of aliphatic hydroxyl groups excluding tert-OH is 8. The molecule has 2 aromatic rings. The Morgan fingerprint density at radius 2 is 1.04 bits per heavy atom. The molecule has 0 amide bonds. The number of hydrogen-bond donors (Lipinski definition) is 9. The van der Waals surface area contributed by atoms with Crippen LogP contribution in [0.1, 0.15) is 54.9 Å². The van der Waals surface area contributed by atoms with E-state index in [2.05, 4.69) is 23.7 Å². The molecule has 10 atom stereocenters. The van der Waals surface area contributed by atoms with Gasteiger partial charge in [0.15, 0.2) is 0 Å². The lowest BCUT2D eigenvalue weighted by molar-refractivity contribution is -0.214. The molecule has 46 heavy (non-hydrogen) atoms. The average Bonchev–Trinajstić information content (AvgIpc) is 3.31. The normalized spacial score (nSPS) is 39.9. The van der Waals surface area contributed by atoms with Crippen molar-refractivity contribution < 1.29 is 55.4 Å². The minimum absolute atomic E-state index is 0.450. The molecule has 2 aliphatic carbocycles. The Morgan fingerprint density at radius 3 is 1.43 bits per heavy atom. The van der Waals surface area contributed by atoms with Gasteiger partial charge in [0.1, 0.15) is 61.0 Å². The first-order valence-electron chi connectivity index (χ1n) is 15.5. The summed E-state index contributed by atoms with van der Waals surface area (Å²) in [5, 5.41) is 91.2. The fraction of sp³-hybridized carbons (Fsp3) is 0.543. The second-order valence-electron chi connectivity index (χ2n) is 13.1. The van der Waals surface area contributed by atoms with Crippen LogP contribution in [0.25, 0.3) is 11.1 Å². The van der Waals surface area contributed by atoms with Crippen LogP contribution in [0, 0.1) is 23.7 Å². The molecule has 2 saturated heterocycles. The summed E-state index contributed by atoms with van der Waals surface area (Å²) in [4.78, 5) is 0. The zero-order valence-corrected chi connectivity index (χ0v) is 25.3. The molecule has 1 spiro atoms. The molecule has 11 heteroatoms. The molecule has 1 saturated carbocycles. The zero-order valence-electron chi connectivity index (χ0n) is 25.3. The molecular weight excluding hydrogens is 596 g/mol. The van der Waals surface area contributed by atoms with Crippen molar-refractivity contribution in [1.82, 2.24) is 0 Å². The quantitative estimate of drug-likeness (QED) is 0.177. The smallest absolute Gasteiger partial charge is 0.147 e. The van der Waals surface area contributed by atoms with Gasteiger partial charge in [0.05, 0.1) is 18.8 Å². The largest absolute Gasteiger partial charge is 0.394 e. The lowest BCUT2D eigenvalue weighted by Gasteiger charge is -2.42. The lowest BCUT2D eigenvalue weighted by Crippen LogP contribution is -2.58. The molecule has 2 aromatic carbocycles. The van der Waals surface area contributed by atoms with Gasteiger partial charge in [0.25, 0.3) is 0 Å².